The molecule has 0 radical (unpaired) electrons. The van der Waals surface area contributed by atoms with Crippen LogP contribution in [0, 0.1) is 6.92 Å². The summed E-state index contributed by atoms with van der Waals surface area (Å²) >= 11 is 6.32. The van der Waals surface area contributed by atoms with Crippen molar-refractivity contribution in [2.45, 2.75) is 20.0 Å². The van der Waals surface area contributed by atoms with Gasteiger partial charge in [0.25, 0.3) is 5.91 Å². The number of rotatable bonds is 8. The van der Waals surface area contributed by atoms with Crippen molar-refractivity contribution in [3.63, 3.8) is 0 Å². The molecule has 0 N–H and O–H groups in total. The number of carbonyl (C=O) groups excluding carboxylic acids is 1. The molecule has 0 fully saturated rings. The van der Waals surface area contributed by atoms with Crippen molar-refractivity contribution in [1.82, 2.24) is 9.47 Å². The molecule has 146 valence electrons. The van der Waals surface area contributed by atoms with E-state index in [4.69, 9.17) is 16.3 Å². The molecule has 0 aliphatic carbocycles. The largest absolute Gasteiger partial charge is 0.383 e. The van der Waals surface area contributed by atoms with Crippen molar-refractivity contribution in [2.24, 2.45) is 0 Å². The Morgan fingerprint density at radius 1 is 1.07 bits per heavy atom. The van der Waals surface area contributed by atoms with E-state index in [1.807, 2.05) is 78.7 Å². The fraction of sp³-hybridized carbons (Fsp3) is 0.261. The van der Waals surface area contributed by atoms with Crippen LogP contribution in [0.25, 0.3) is 0 Å². The Morgan fingerprint density at radius 3 is 2.54 bits per heavy atom. The number of ether oxygens (including phenoxy) is 1. The molecule has 5 heteroatoms. The highest BCUT2D eigenvalue weighted by molar-refractivity contribution is 6.31. The molecular formula is C23H25ClN2O2. The van der Waals surface area contributed by atoms with Crippen molar-refractivity contribution >= 4 is 17.5 Å². The van der Waals surface area contributed by atoms with Gasteiger partial charge in [0.05, 0.1) is 13.2 Å². The number of hydrogen-bond acceptors (Lipinski definition) is 2. The summed E-state index contributed by atoms with van der Waals surface area (Å²) in [4.78, 5) is 14.9. The van der Waals surface area contributed by atoms with Gasteiger partial charge >= 0.3 is 0 Å². The van der Waals surface area contributed by atoms with Crippen LogP contribution in [0.2, 0.25) is 5.02 Å². The number of halogens is 1. The predicted molar refractivity (Wildman–Crippen MR) is 113 cm³/mol. The highest BCUT2D eigenvalue weighted by atomic mass is 35.5. The molecule has 3 rings (SSSR count). The van der Waals surface area contributed by atoms with Crippen LogP contribution >= 0.6 is 11.6 Å². The molecule has 0 aliphatic rings. The Bertz CT molecular complexity index is 918. The maximum absolute atomic E-state index is 13.1. The standard InChI is InChI=1S/C23H25ClN2O2/c1-18-9-11-19(12-10-18)23(27)26(14-15-28-2)17-21-7-5-13-25(21)16-20-6-3-4-8-22(20)24/h3-13H,14-17H2,1-2H3. The summed E-state index contributed by atoms with van der Waals surface area (Å²) < 4.78 is 7.35. The van der Waals surface area contributed by atoms with Gasteiger partial charge in [0.2, 0.25) is 0 Å². The topological polar surface area (TPSA) is 34.5 Å². The minimum atomic E-state index is 0.00236. The van der Waals surface area contributed by atoms with E-state index in [2.05, 4.69) is 4.57 Å². The number of aromatic nitrogens is 1. The summed E-state index contributed by atoms with van der Waals surface area (Å²) in [5, 5.41) is 0.745. The van der Waals surface area contributed by atoms with Crippen LogP contribution in [0.5, 0.6) is 0 Å². The van der Waals surface area contributed by atoms with E-state index in [9.17, 15) is 4.79 Å². The monoisotopic (exact) mass is 396 g/mol. The Kier molecular flexibility index (Phi) is 6.90. The van der Waals surface area contributed by atoms with Gasteiger partial charge in [-0.2, -0.15) is 0 Å². The summed E-state index contributed by atoms with van der Waals surface area (Å²) in [5.74, 6) is 0.00236. The second-order valence-electron chi connectivity index (χ2n) is 6.80. The summed E-state index contributed by atoms with van der Waals surface area (Å²) in [7, 11) is 1.65. The zero-order valence-electron chi connectivity index (χ0n) is 16.3. The quantitative estimate of drug-likeness (QED) is 0.548. The van der Waals surface area contributed by atoms with E-state index < -0.39 is 0 Å². The first-order chi connectivity index (χ1) is 13.6. The van der Waals surface area contributed by atoms with Gasteiger partial charge in [-0.25, -0.2) is 0 Å². The number of nitrogens with zero attached hydrogens (tertiary/aromatic N) is 2. The van der Waals surface area contributed by atoms with Crippen LogP contribution < -0.4 is 0 Å². The number of benzene rings is 2. The Balaban J connectivity index is 1.80. The average Bonchev–Trinajstić information content (AvgIpc) is 3.13. The van der Waals surface area contributed by atoms with E-state index in [1.165, 1.54) is 0 Å². The zero-order chi connectivity index (χ0) is 19.9. The van der Waals surface area contributed by atoms with Gasteiger partial charge in [-0.3, -0.25) is 4.79 Å². The first-order valence-electron chi connectivity index (χ1n) is 9.31. The maximum Gasteiger partial charge on any atom is 0.254 e. The minimum Gasteiger partial charge on any atom is -0.383 e. The van der Waals surface area contributed by atoms with Gasteiger partial charge in [0.15, 0.2) is 0 Å². The normalized spacial score (nSPS) is 10.8. The molecule has 0 atom stereocenters. The van der Waals surface area contributed by atoms with Crippen LogP contribution in [0.1, 0.15) is 27.2 Å². The van der Waals surface area contributed by atoms with Crippen molar-refractivity contribution in [3.05, 3.63) is 94.3 Å². The van der Waals surface area contributed by atoms with Crippen molar-refractivity contribution in [1.29, 1.82) is 0 Å². The molecule has 0 aliphatic heterocycles. The lowest BCUT2D eigenvalue weighted by Gasteiger charge is -2.23. The summed E-state index contributed by atoms with van der Waals surface area (Å²) in [5.41, 5.74) is 3.92. The molecule has 0 bridgehead atoms. The summed E-state index contributed by atoms with van der Waals surface area (Å²) in [6.07, 6.45) is 2.02. The average molecular weight is 397 g/mol. The maximum atomic E-state index is 13.1. The predicted octanol–water partition coefficient (Wildman–Crippen LogP) is 4.79. The molecule has 1 heterocycles. The number of amides is 1. The Hall–Kier alpha value is -2.56. The fourth-order valence-electron chi connectivity index (χ4n) is 3.09. The van der Waals surface area contributed by atoms with Crippen LogP contribution in [-0.4, -0.2) is 35.6 Å². The molecule has 0 saturated heterocycles. The lowest BCUT2D eigenvalue weighted by Crippen LogP contribution is -2.34. The van der Waals surface area contributed by atoms with E-state index in [-0.39, 0.29) is 5.91 Å². The minimum absolute atomic E-state index is 0.00236. The fourth-order valence-corrected chi connectivity index (χ4v) is 3.28. The first-order valence-corrected chi connectivity index (χ1v) is 9.68. The number of methoxy groups -OCH3 is 1. The van der Waals surface area contributed by atoms with E-state index in [1.54, 1.807) is 7.11 Å². The SMILES string of the molecule is COCCN(Cc1cccn1Cc1ccccc1Cl)C(=O)c1ccc(C)cc1. The lowest BCUT2D eigenvalue weighted by atomic mass is 10.1. The second kappa shape index (κ2) is 9.58. The molecule has 0 saturated carbocycles. The second-order valence-corrected chi connectivity index (χ2v) is 7.21. The van der Waals surface area contributed by atoms with E-state index >= 15 is 0 Å². The third-order valence-electron chi connectivity index (χ3n) is 4.73. The van der Waals surface area contributed by atoms with Crippen LogP contribution in [0.15, 0.2) is 66.9 Å². The van der Waals surface area contributed by atoms with Crippen molar-refractivity contribution in [3.8, 4) is 0 Å². The van der Waals surface area contributed by atoms with Gasteiger partial charge in [-0.1, -0.05) is 47.5 Å². The van der Waals surface area contributed by atoms with Crippen molar-refractivity contribution in [2.75, 3.05) is 20.3 Å². The smallest absolute Gasteiger partial charge is 0.254 e. The number of hydrogen-bond donors (Lipinski definition) is 0. The van der Waals surface area contributed by atoms with Crippen LogP contribution in [-0.2, 0) is 17.8 Å². The molecule has 3 aromatic rings. The van der Waals surface area contributed by atoms with Crippen LogP contribution in [0.4, 0.5) is 0 Å². The van der Waals surface area contributed by atoms with Gasteiger partial charge in [0, 0.05) is 42.7 Å². The third-order valence-corrected chi connectivity index (χ3v) is 5.09. The molecule has 0 spiro atoms. The molecule has 0 unspecified atom stereocenters. The van der Waals surface area contributed by atoms with Gasteiger partial charge in [0.1, 0.15) is 0 Å². The lowest BCUT2D eigenvalue weighted by molar-refractivity contribution is 0.0676. The Labute approximate surface area is 171 Å². The highest BCUT2D eigenvalue weighted by Gasteiger charge is 2.17. The Morgan fingerprint density at radius 2 is 1.82 bits per heavy atom. The number of carbonyl (C=O) groups is 1. The first kappa shape index (κ1) is 20.2. The molecule has 1 aromatic heterocycles. The summed E-state index contributed by atoms with van der Waals surface area (Å²) in [6.45, 7) is 4.20. The zero-order valence-corrected chi connectivity index (χ0v) is 17.0. The molecular weight excluding hydrogens is 372 g/mol. The summed E-state index contributed by atoms with van der Waals surface area (Å²) in [6, 6.07) is 19.5. The molecule has 2 aromatic carbocycles. The molecule has 4 nitrogen and oxygen atoms in total. The van der Waals surface area contributed by atoms with Crippen LogP contribution in [0.3, 0.4) is 0 Å². The van der Waals surface area contributed by atoms with Gasteiger partial charge in [-0.05, 0) is 42.8 Å². The van der Waals surface area contributed by atoms with Crippen molar-refractivity contribution < 1.29 is 9.53 Å². The molecule has 28 heavy (non-hydrogen) atoms. The highest BCUT2D eigenvalue weighted by Crippen LogP contribution is 2.19. The van der Waals surface area contributed by atoms with Gasteiger partial charge in [-0.15, -0.1) is 0 Å². The van der Waals surface area contributed by atoms with E-state index in [0.29, 0.717) is 31.8 Å². The van der Waals surface area contributed by atoms with E-state index in [0.717, 1.165) is 21.8 Å². The number of aryl methyl sites for hydroxylation is 1. The van der Waals surface area contributed by atoms with Gasteiger partial charge < -0.3 is 14.2 Å². The molecule has 1 amide bonds. The third kappa shape index (κ3) is 5.03.